The maximum Gasteiger partial charge on any atom is 0.129 e. The molecule has 0 amide bonds. The van der Waals surface area contributed by atoms with E-state index in [1.807, 2.05) is 18.2 Å². The van der Waals surface area contributed by atoms with Crippen LogP contribution in [-0.4, -0.2) is 6.54 Å². The minimum absolute atomic E-state index is 0. The van der Waals surface area contributed by atoms with E-state index >= 15 is 0 Å². The Morgan fingerprint density at radius 3 is 2.68 bits per heavy atom. The molecule has 0 heterocycles. The van der Waals surface area contributed by atoms with Gasteiger partial charge in [-0.2, -0.15) is 0 Å². The molecular weight excluding hydrogens is 369 g/mol. The van der Waals surface area contributed by atoms with E-state index < -0.39 is 0 Å². The molecule has 2 nitrogen and oxygen atoms in total. The smallest absolute Gasteiger partial charge is 0.129 e. The second-order valence-electron chi connectivity index (χ2n) is 4.55. The molecule has 0 saturated carbocycles. The number of rotatable bonds is 7. The fourth-order valence-electron chi connectivity index (χ4n) is 1.91. The van der Waals surface area contributed by atoms with Crippen molar-refractivity contribution in [2.24, 2.45) is 0 Å². The van der Waals surface area contributed by atoms with Gasteiger partial charge in [0.05, 0.1) is 0 Å². The third-order valence-corrected chi connectivity index (χ3v) is 3.46. The van der Waals surface area contributed by atoms with Gasteiger partial charge < -0.3 is 10.1 Å². The monoisotopic (exact) mass is 385 g/mol. The second-order valence-corrected chi connectivity index (χ2v) is 5.47. The van der Waals surface area contributed by atoms with Crippen molar-refractivity contribution in [1.82, 2.24) is 5.32 Å². The summed E-state index contributed by atoms with van der Waals surface area (Å²) >= 11 is 3.45. The molecule has 1 N–H and O–H groups in total. The molecule has 0 aliphatic rings. The maximum atomic E-state index is 13.6. The minimum Gasteiger partial charge on any atom is -0.488 e. The maximum absolute atomic E-state index is 13.6. The minimum atomic E-state index is -0.249. The summed E-state index contributed by atoms with van der Waals surface area (Å²) in [5.41, 5.74) is 1.56. The fraction of sp³-hybridized carbons (Fsp3) is 0.176. The Morgan fingerprint density at radius 1 is 1.18 bits per heavy atom. The van der Waals surface area contributed by atoms with Crippen molar-refractivity contribution in [2.45, 2.75) is 13.2 Å². The molecule has 0 fully saturated rings. The van der Waals surface area contributed by atoms with Crippen LogP contribution in [0.1, 0.15) is 11.1 Å². The van der Waals surface area contributed by atoms with Gasteiger partial charge in [0.15, 0.2) is 0 Å². The lowest BCUT2D eigenvalue weighted by molar-refractivity contribution is 0.296. The first-order valence-electron chi connectivity index (χ1n) is 6.67. The van der Waals surface area contributed by atoms with E-state index in [-0.39, 0.29) is 24.8 Å². The average Bonchev–Trinajstić information content (AvgIpc) is 2.48. The van der Waals surface area contributed by atoms with Gasteiger partial charge in [-0.1, -0.05) is 40.2 Å². The molecule has 0 unspecified atom stereocenters. The van der Waals surface area contributed by atoms with Crippen LogP contribution < -0.4 is 10.1 Å². The van der Waals surface area contributed by atoms with Crippen LogP contribution in [0.15, 0.2) is 59.6 Å². The normalized spacial score (nSPS) is 9.91. The molecular formula is C17H18BrClFNO. The van der Waals surface area contributed by atoms with Crippen LogP contribution in [0.25, 0.3) is 0 Å². The van der Waals surface area contributed by atoms with Crippen molar-refractivity contribution in [3.05, 3.63) is 76.5 Å². The Bertz CT molecular complexity index is 621. The molecule has 2 rings (SSSR count). The Kier molecular flexibility index (Phi) is 8.17. The van der Waals surface area contributed by atoms with Crippen molar-refractivity contribution in [3.8, 4) is 5.75 Å². The molecule has 0 bridgehead atoms. The molecule has 5 heteroatoms. The van der Waals surface area contributed by atoms with E-state index in [0.717, 1.165) is 22.3 Å². The van der Waals surface area contributed by atoms with Crippen LogP contribution in [0.4, 0.5) is 4.39 Å². The SMILES string of the molecule is C=CCNCc1cc(Br)ccc1OCc1ccccc1F.Cl. The van der Waals surface area contributed by atoms with E-state index in [4.69, 9.17) is 4.74 Å². The lowest BCUT2D eigenvalue weighted by atomic mass is 10.2. The van der Waals surface area contributed by atoms with E-state index in [9.17, 15) is 4.39 Å². The molecule has 0 aliphatic heterocycles. The van der Waals surface area contributed by atoms with Gasteiger partial charge in [0.1, 0.15) is 18.2 Å². The Labute approximate surface area is 144 Å². The van der Waals surface area contributed by atoms with E-state index in [2.05, 4.69) is 27.8 Å². The second kappa shape index (κ2) is 9.62. The highest BCUT2D eigenvalue weighted by atomic mass is 79.9. The lowest BCUT2D eigenvalue weighted by Crippen LogP contribution is -2.13. The number of hydrogen-bond donors (Lipinski definition) is 1. The Hall–Kier alpha value is -1.36. The van der Waals surface area contributed by atoms with Crippen molar-refractivity contribution in [2.75, 3.05) is 6.54 Å². The van der Waals surface area contributed by atoms with Gasteiger partial charge in [0.2, 0.25) is 0 Å². The van der Waals surface area contributed by atoms with Gasteiger partial charge in [-0.3, -0.25) is 0 Å². The van der Waals surface area contributed by atoms with Crippen LogP contribution in [0, 0.1) is 5.82 Å². The number of hydrogen-bond acceptors (Lipinski definition) is 2. The molecule has 2 aromatic rings. The molecule has 2 aromatic carbocycles. The highest BCUT2D eigenvalue weighted by molar-refractivity contribution is 9.10. The zero-order valence-corrected chi connectivity index (χ0v) is 14.4. The van der Waals surface area contributed by atoms with Gasteiger partial charge in [-0.05, 0) is 24.3 Å². The van der Waals surface area contributed by atoms with E-state index in [1.165, 1.54) is 6.07 Å². The first-order chi connectivity index (χ1) is 10.2. The van der Waals surface area contributed by atoms with Crippen LogP contribution in [0.2, 0.25) is 0 Å². The number of benzene rings is 2. The highest BCUT2D eigenvalue weighted by Gasteiger charge is 2.07. The molecule has 0 atom stereocenters. The van der Waals surface area contributed by atoms with Crippen LogP contribution in [0.5, 0.6) is 5.75 Å². The summed E-state index contributed by atoms with van der Waals surface area (Å²) in [5, 5.41) is 3.24. The molecule has 0 aromatic heterocycles. The quantitative estimate of drug-likeness (QED) is 0.542. The van der Waals surface area contributed by atoms with Crippen LogP contribution in [0.3, 0.4) is 0 Å². The van der Waals surface area contributed by atoms with E-state index in [0.29, 0.717) is 12.1 Å². The van der Waals surface area contributed by atoms with Crippen molar-refractivity contribution >= 4 is 28.3 Å². The van der Waals surface area contributed by atoms with Crippen LogP contribution >= 0.6 is 28.3 Å². The summed E-state index contributed by atoms with van der Waals surface area (Å²) in [7, 11) is 0. The molecule has 0 radical (unpaired) electrons. The standard InChI is InChI=1S/C17H17BrFNO.ClH/c1-2-9-20-11-14-10-15(18)7-8-17(14)21-12-13-5-3-4-6-16(13)19;/h2-8,10,20H,1,9,11-12H2;1H. The molecule has 22 heavy (non-hydrogen) atoms. The van der Waals surface area contributed by atoms with Gasteiger partial charge in [0, 0.05) is 28.7 Å². The topological polar surface area (TPSA) is 21.3 Å². The van der Waals surface area contributed by atoms with Gasteiger partial charge in [-0.15, -0.1) is 19.0 Å². The lowest BCUT2D eigenvalue weighted by Gasteiger charge is -2.13. The Morgan fingerprint density at radius 2 is 1.95 bits per heavy atom. The van der Waals surface area contributed by atoms with Crippen molar-refractivity contribution < 1.29 is 9.13 Å². The summed E-state index contributed by atoms with van der Waals surface area (Å²) in [6, 6.07) is 12.4. The zero-order chi connectivity index (χ0) is 15.1. The van der Waals surface area contributed by atoms with E-state index in [1.54, 1.807) is 24.3 Å². The van der Waals surface area contributed by atoms with Gasteiger partial charge >= 0.3 is 0 Å². The van der Waals surface area contributed by atoms with Crippen molar-refractivity contribution in [3.63, 3.8) is 0 Å². The van der Waals surface area contributed by atoms with Crippen LogP contribution in [-0.2, 0) is 13.2 Å². The predicted molar refractivity (Wildman–Crippen MR) is 94.0 cm³/mol. The summed E-state index contributed by atoms with van der Waals surface area (Å²) in [6.45, 7) is 5.27. The zero-order valence-electron chi connectivity index (χ0n) is 12.0. The molecule has 0 saturated heterocycles. The molecule has 0 spiro atoms. The molecule has 118 valence electrons. The highest BCUT2D eigenvalue weighted by Crippen LogP contribution is 2.24. The summed E-state index contributed by atoms with van der Waals surface area (Å²) in [4.78, 5) is 0. The number of halogens is 3. The van der Waals surface area contributed by atoms with Gasteiger partial charge in [0.25, 0.3) is 0 Å². The molecule has 0 aliphatic carbocycles. The Balaban J connectivity index is 0.00000242. The fourth-order valence-corrected chi connectivity index (χ4v) is 2.32. The summed E-state index contributed by atoms with van der Waals surface area (Å²) in [6.07, 6.45) is 1.80. The van der Waals surface area contributed by atoms with Crippen molar-refractivity contribution in [1.29, 1.82) is 0 Å². The number of ether oxygens (including phenoxy) is 1. The van der Waals surface area contributed by atoms with Gasteiger partial charge in [-0.25, -0.2) is 4.39 Å². The predicted octanol–water partition coefficient (Wildman–Crippen LogP) is 4.86. The number of nitrogens with one attached hydrogen (secondary N) is 1. The first kappa shape index (κ1) is 18.7. The largest absolute Gasteiger partial charge is 0.488 e. The third kappa shape index (κ3) is 5.44. The first-order valence-corrected chi connectivity index (χ1v) is 7.46. The summed E-state index contributed by atoms with van der Waals surface area (Å²) in [5.74, 6) is 0.499. The summed E-state index contributed by atoms with van der Waals surface area (Å²) < 4.78 is 20.3. The average molecular weight is 387 g/mol. The third-order valence-electron chi connectivity index (χ3n) is 2.97.